The lowest BCUT2D eigenvalue weighted by atomic mass is 10.1. The molecule has 13 heavy (non-hydrogen) atoms. The molecule has 2 nitrogen and oxygen atoms in total. The van der Waals surface area contributed by atoms with Gasteiger partial charge in [0, 0.05) is 17.0 Å². The van der Waals surface area contributed by atoms with Gasteiger partial charge in [-0.3, -0.25) is 0 Å². The van der Waals surface area contributed by atoms with E-state index in [1.54, 1.807) is 6.07 Å². The van der Waals surface area contributed by atoms with Gasteiger partial charge in [0.25, 0.3) is 0 Å². The molecule has 2 rings (SSSR count). The summed E-state index contributed by atoms with van der Waals surface area (Å²) in [5.74, 6) is -0.335. The van der Waals surface area contributed by atoms with Crippen LogP contribution in [-0.2, 0) is 0 Å². The molecule has 0 aliphatic rings. The Labute approximate surface area is 74.6 Å². The molecule has 2 aromatic rings. The van der Waals surface area contributed by atoms with E-state index in [-0.39, 0.29) is 5.82 Å². The molecule has 1 heterocycles. The molecule has 0 bridgehead atoms. The van der Waals surface area contributed by atoms with Crippen LogP contribution < -0.4 is 0 Å². The third-order valence-electron chi connectivity index (χ3n) is 1.99. The van der Waals surface area contributed by atoms with Crippen LogP contribution in [0.3, 0.4) is 0 Å². The second-order valence-electron chi connectivity index (χ2n) is 2.84. The van der Waals surface area contributed by atoms with E-state index >= 15 is 0 Å². The van der Waals surface area contributed by atoms with Gasteiger partial charge >= 0.3 is 0 Å². The number of hydrogen-bond donors (Lipinski definition) is 0. The van der Waals surface area contributed by atoms with E-state index in [4.69, 9.17) is 4.52 Å². The number of aromatic nitrogens is 1. The predicted molar refractivity (Wildman–Crippen MR) is 48.8 cm³/mol. The van der Waals surface area contributed by atoms with Gasteiger partial charge in [0.1, 0.15) is 5.82 Å². The van der Waals surface area contributed by atoms with E-state index < -0.39 is 0 Å². The van der Waals surface area contributed by atoms with Gasteiger partial charge in [0.2, 0.25) is 0 Å². The van der Waals surface area contributed by atoms with E-state index in [0.29, 0.717) is 11.1 Å². The lowest BCUT2D eigenvalue weighted by Gasteiger charge is -1.95. The number of halogens is 1. The summed E-state index contributed by atoms with van der Waals surface area (Å²) in [4.78, 5) is 0. The lowest BCUT2D eigenvalue weighted by molar-refractivity contribution is 0.448. The first kappa shape index (κ1) is 7.98. The standard InChI is InChI=1S/C10H8FNO/c1-3-7-4-8-6(2)12-13-10(8)5-9(7)11/h3-5H,1H2,2H3. The summed E-state index contributed by atoms with van der Waals surface area (Å²) >= 11 is 0. The summed E-state index contributed by atoms with van der Waals surface area (Å²) in [7, 11) is 0. The van der Waals surface area contributed by atoms with Gasteiger partial charge in [0.15, 0.2) is 5.58 Å². The molecule has 0 atom stereocenters. The van der Waals surface area contributed by atoms with Crippen molar-refractivity contribution in [1.29, 1.82) is 0 Å². The summed E-state index contributed by atoms with van der Waals surface area (Å²) < 4.78 is 18.1. The van der Waals surface area contributed by atoms with Gasteiger partial charge in [-0.15, -0.1) is 0 Å². The Balaban J connectivity index is 2.84. The molecular formula is C10H8FNO. The molecule has 3 heteroatoms. The second-order valence-corrected chi connectivity index (χ2v) is 2.84. The van der Waals surface area contributed by atoms with Gasteiger partial charge in [-0.05, 0) is 13.0 Å². The molecular weight excluding hydrogens is 169 g/mol. The largest absolute Gasteiger partial charge is 0.356 e. The molecule has 0 spiro atoms. The van der Waals surface area contributed by atoms with Crippen LogP contribution in [0.15, 0.2) is 23.2 Å². The third-order valence-corrected chi connectivity index (χ3v) is 1.99. The maximum atomic E-state index is 13.2. The molecule has 0 saturated carbocycles. The van der Waals surface area contributed by atoms with E-state index in [1.807, 2.05) is 6.92 Å². The molecule has 0 amide bonds. The predicted octanol–water partition coefficient (Wildman–Crippen LogP) is 2.92. The number of nitrogens with zero attached hydrogens (tertiary/aromatic N) is 1. The molecule has 0 N–H and O–H groups in total. The fourth-order valence-corrected chi connectivity index (χ4v) is 1.25. The Kier molecular flexibility index (Phi) is 1.65. The molecule has 0 saturated heterocycles. The van der Waals surface area contributed by atoms with Crippen molar-refractivity contribution in [2.24, 2.45) is 0 Å². The normalized spacial score (nSPS) is 10.6. The van der Waals surface area contributed by atoms with E-state index in [2.05, 4.69) is 11.7 Å². The van der Waals surface area contributed by atoms with Crippen LogP contribution in [0, 0.1) is 12.7 Å². The minimum absolute atomic E-state index is 0.335. The molecule has 1 aromatic carbocycles. The van der Waals surface area contributed by atoms with Gasteiger partial charge in [0.05, 0.1) is 5.69 Å². The highest BCUT2D eigenvalue weighted by atomic mass is 19.1. The Morgan fingerprint density at radius 3 is 3.00 bits per heavy atom. The van der Waals surface area contributed by atoms with Crippen molar-refractivity contribution in [2.45, 2.75) is 6.92 Å². The van der Waals surface area contributed by atoms with E-state index in [1.165, 1.54) is 12.1 Å². The highest BCUT2D eigenvalue weighted by molar-refractivity contribution is 5.82. The SMILES string of the molecule is C=Cc1cc2c(C)noc2cc1F. The summed E-state index contributed by atoms with van der Waals surface area (Å²) in [6.07, 6.45) is 1.47. The first-order chi connectivity index (χ1) is 6.22. The number of rotatable bonds is 1. The molecule has 66 valence electrons. The average molecular weight is 177 g/mol. The highest BCUT2D eigenvalue weighted by Crippen LogP contribution is 2.22. The van der Waals surface area contributed by atoms with E-state index in [0.717, 1.165) is 11.1 Å². The quantitative estimate of drug-likeness (QED) is 0.669. The topological polar surface area (TPSA) is 26.0 Å². The van der Waals surface area contributed by atoms with Crippen molar-refractivity contribution in [3.05, 3.63) is 35.8 Å². The molecule has 0 fully saturated rings. The molecule has 0 aliphatic heterocycles. The summed E-state index contributed by atoms with van der Waals surface area (Å²) in [5, 5.41) is 4.57. The number of aryl methyl sites for hydroxylation is 1. The zero-order valence-electron chi connectivity index (χ0n) is 7.17. The number of hydrogen-bond acceptors (Lipinski definition) is 2. The summed E-state index contributed by atoms with van der Waals surface area (Å²) in [6, 6.07) is 3.01. The van der Waals surface area contributed by atoms with Crippen molar-refractivity contribution in [2.75, 3.05) is 0 Å². The van der Waals surface area contributed by atoms with Crippen molar-refractivity contribution in [3.63, 3.8) is 0 Å². The maximum Gasteiger partial charge on any atom is 0.170 e. The first-order valence-electron chi connectivity index (χ1n) is 3.90. The number of benzene rings is 1. The Morgan fingerprint density at radius 1 is 1.54 bits per heavy atom. The fourth-order valence-electron chi connectivity index (χ4n) is 1.25. The van der Waals surface area contributed by atoms with Gasteiger partial charge in [-0.2, -0.15) is 0 Å². The smallest absolute Gasteiger partial charge is 0.170 e. The minimum Gasteiger partial charge on any atom is -0.356 e. The lowest BCUT2D eigenvalue weighted by Crippen LogP contribution is -1.81. The van der Waals surface area contributed by atoms with Crippen LogP contribution >= 0.6 is 0 Å². The highest BCUT2D eigenvalue weighted by Gasteiger charge is 2.07. The molecule has 0 aliphatic carbocycles. The van der Waals surface area contributed by atoms with Crippen molar-refractivity contribution in [1.82, 2.24) is 5.16 Å². The fraction of sp³-hybridized carbons (Fsp3) is 0.100. The average Bonchev–Trinajstić information content (AvgIpc) is 2.46. The first-order valence-corrected chi connectivity index (χ1v) is 3.90. The zero-order valence-corrected chi connectivity index (χ0v) is 7.17. The van der Waals surface area contributed by atoms with Crippen LogP contribution in [0.5, 0.6) is 0 Å². The third kappa shape index (κ3) is 1.13. The van der Waals surface area contributed by atoms with Crippen molar-refractivity contribution < 1.29 is 8.91 Å². The second kappa shape index (κ2) is 2.69. The molecule has 0 radical (unpaired) electrons. The van der Waals surface area contributed by atoms with Gasteiger partial charge < -0.3 is 4.52 Å². The van der Waals surface area contributed by atoms with Crippen molar-refractivity contribution in [3.8, 4) is 0 Å². The monoisotopic (exact) mass is 177 g/mol. The molecule has 1 aromatic heterocycles. The van der Waals surface area contributed by atoms with Crippen LogP contribution in [0.4, 0.5) is 4.39 Å². The molecule has 0 unspecified atom stereocenters. The zero-order chi connectivity index (χ0) is 9.42. The van der Waals surface area contributed by atoms with Crippen LogP contribution in [0.25, 0.3) is 17.0 Å². The maximum absolute atomic E-state index is 13.2. The summed E-state index contributed by atoms with van der Waals surface area (Å²) in [6.45, 7) is 5.34. The Bertz CT molecular complexity index is 473. The van der Waals surface area contributed by atoms with Crippen LogP contribution in [0.1, 0.15) is 11.3 Å². The summed E-state index contributed by atoms with van der Waals surface area (Å²) in [5.41, 5.74) is 1.71. The van der Waals surface area contributed by atoms with Crippen molar-refractivity contribution >= 4 is 17.0 Å². The Morgan fingerprint density at radius 2 is 2.31 bits per heavy atom. The van der Waals surface area contributed by atoms with Crippen LogP contribution in [-0.4, -0.2) is 5.16 Å². The van der Waals surface area contributed by atoms with Gasteiger partial charge in [-0.1, -0.05) is 17.8 Å². The van der Waals surface area contributed by atoms with E-state index in [9.17, 15) is 4.39 Å². The number of fused-ring (bicyclic) bond motifs is 1. The van der Waals surface area contributed by atoms with Crippen LogP contribution in [0.2, 0.25) is 0 Å². The van der Waals surface area contributed by atoms with Gasteiger partial charge in [-0.25, -0.2) is 4.39 Å². The Hall–Kier alpha value is -1.64. The minimum atomic E-state index is -0.335.